The summed E-state index contributed by atoms with van der Waals surface area (Å²) in [6, 6.07) is 9.11. The molecule has 2 rings (SSSR count). The molecule has 0 radical (unpaired) electrons. The Kier molecular flexibility index (Phi) is 4.91. The van der Waals surface area contributed by atoms with Gasteiger partial charge >= 0.3 is 0 Å². The lowest BCUT2D eigenvalue weighted by molar-refractivity contribution is -0.129. The SMILES string of the molecule is COc1cc(CC(=O)N(C)Cc2ccc(C)o2)ccc1Cl. The predicted octanol–water partition coefficient (Wildman–Crippen LogP) is 3.45. The summed E-state index contributed by atoms with van der Waals surface area (Å²) in [7, 11) is 3.31. The molecule has 0 aliphatic rings. The molecular weight excluding hydrogens is 290 g/mol. The van der Waals surface area contributed by atoms with Gasteiger partial charge in [0, 0.05) is 7.05 Å². The standard InChI is InChI=1S/C16H18ClNO3/c1-11-4-6-13(21-11)10-18(2)16(19)9-12-5-7-14(17)15(8-12)20-3/h4-8H,9-10H2,1-3H3. The molecule has 0 saturated heterocycles. The molecule has 21 heavy (non-hydrogen) atoms. The van der Waals surface area contributed by atoms with Gasteiger partial charge in [-0.2, -0.15) is 0 Å². The number of hydrogen-bond acceptors (Lipinski definition) is 3. The number of benzene rings is 1. The van der Waals surface area contributed by atoms with E-state index in [1.54, 1.807) is 31.2 Å². The van der Waals surface area contributed by atoms with Gasteiger partial charge in [0.25, 0.3) is 0 Å². The van der Waals surface area contributed by atoms with E-state index in [0.29, 0.717) is 23.7 Å². The van der Waals surface area contributed by atoms with E-state index in [1.807, 2.05) is 25.1 Å². The molecule has 1 aromatic carbocycles. The highest BCUT2D eigenvalue weighted by Crippen LogP contribution is 2.25. The third-order valence-electron chi connectivity index (χ3n) is 3.19. The molecule has 112 valence electrons. The molecule has 0 fully saturated rings. The first-order valence-electron chi connectivity index (χ1n) is 6.61. The van der Waals surface area contributed by atoms with Crippen LogP contribution in [0.25, 0.3) is 0 Å². The Bertz CT molecular complexity index is 636. The summed E-state index contributed by atoms with van der Waals surface area (Å²) in [5, 5.41) is 0.535. The molecule has 0 bridgehead atoms. The minimum atomic E-state index is 0.00780. The number of furan rings is 1. The molecule has 1 aromatic heterocycles. The van der Waals surface area contributed by atoms with Gasteiger partial charge in [-0.15, -0.1) is 0 Å². The summed E-state index contributed by atoms with van der Waals surface area (Å²) < 4.78 is 10.6. The van der Waals surface area contributed by atoms with Crippen molar-refractivity contribution in [2.75, 3.05) is 14.2 Å². The van der Waals surface area contributed by atoms with Gasteiger partial charge in [0.15, 0.2) is 0 Å². The molecular formula is C16H18ClNO3. The maximum atomic E-state index is 12.2. The zero-order valence-corrected chi connectivity index (χ0v) is 13.1. The third kappa shape index (κ3) is 4.02. The highest BCUT2D eigenvalue weighted by Gasteiger charge is 2.13. The van der Waals surface area contributed by atoms with E-state index >= 15 is 0 Å². The Hall–Kier alpha value is -1.94. The summed E-state index contributed by atoms with van der Waals surface area (Å²) in [5.74, 6) is 2.20. The van der Waals surface area contributed by atoms with Crippen molar-refractivity contribution in [3.63, 3.8) is 0 Å². The number of nitrogens with zero attached hydrogens (tertiary/aromatic N) is 1. The summed E-state index contributed by atoms with van der Waals surface area (Å²) in [6.07, 6.45) is 0.295. The fraction of sp³-hybridized carbons (Fsp3) is 0.312. The Balaban J connectivity index is 2.00. The predicted molar refractivity (Wildman–Crippen MR) is 81.6 cm³/mol. The molecule has 5 heteroatoms. The van der Waals surface area contributed by atoms with Crippen LogP contribution in [0.4, 0.5) is 0 Å². The van der Waals surface area contributed by atoms with Crippen molar-refractivity contribution < 1.29 is 13.9 Å². The summed E-state index contributed by atoms with van der Waals surface area (Å²) >= 11 is 5.97. The van der Waals surface area contributed by atoms with Crippen LogP contribution in [0.5, 0.6) is 5.75 Å². The van der Waals surface area contributed by atoms with Crippen LogP contribution in [0.3, 0.4) is 0 Å². The van der Waals surface area contributed by atoms with Crippen LogP contribution in [-0.2, 0) is 17.8 Å². The van der Waals surface area contributed by atoms with E-state index in [-0.39, 0.29) is 5.91 Å². The van der Waals surface area contributed by atoms with Gasteiger partial charge < -0.3 is 14.1 Å². The van der Waals surface area contributed by atoms with Crippen molar-refractivity contribution in [3.8, 4) is 5.75 Å². The highest BCUT2D eigenvalue weighted by atomic mass is 35.5. The number of amides is 1. The largest absolute Gasteiger partial charge is 0.495 e. The van der Waals surface area contributed by atoms with Crippen molar-refractivity contribution in [3.05, 3.63) is 52.4 Å². The molecule has 0 aliphatic carbocycles. The Morgan fingerprint density at radius 2 is 2.10 bits per heavy atom. The average molecular weight is 308 g/mol. The Labute approximate surface area is 129 Å². The van der Waals surface area contributed by atoms with E-state index in [9.17, 15) is 4.79 Å². The topological polar surface area (TPSA) is 42.7 Å². The van der Waals surface area contributed by atoms with Gasteiger partial charge in [0.2, 0.25) is 5.91 Å². The van der Waals surface area contributed by atoms with Crippen LogP contribution in [-0.4, -0.2) is 25.0 Å². The number of hydrogen-bond donors (Lipinski definition) is 0. The number of aryl methyl sites for hydroxylation is 1. The van der Waals surface area contributed by atoms with Gasteiger partial charge in [-0.3, -0.25) is 4.79 Å². The molecule has 1 amide bonds. The van der Waals surface area contributed by atoms with E-state index < -0.39 is 0 Å². The highest BCUT2D eigenvalue weighted by molar-refractivity contribution is 6.32. The number of halogens is 1. The van der Waals surface area contributed by atoms with E-state index in [4.69, 9.17) is 20.8 Å². The first-order valence-corrected chi connectivity index (χ1v) is 6.99. The third-order valence-corrected chi connectivity index (χ3v) is 3.50. The van der Waals surface area contributed by atoms with Crippen molar-refractivity contribution in [1.82, 2.24) is 4.90 Å². The molecule has 0 unspecified atom stereocenters. The maximum Gasteiger partial charge on any atom is 0.227 e. The van der Waals surface area contributed by atoms with Crippen LogP contribution in [0.1, 0.15) is 17.1 Å². The first kappa shape index (κ1) is 15.4. The van der Waals surface area contributed by atoms with Crippen LogP contribution in [0, 0.1) is 6.92 Å². The quantitative estimate of drug-likeness (QED) is 0.849. The molecule has 0 N–H and O–H groups in total. The van der Waals surface area contributed by atoms with Crippen molar-refractivity contribution in [2.45, 2.75) is 19.9 Å². The van der Waals surface area contributed by atoms with Gasteiger partial charge in [-0.1, -0.05) is 17.7 Å². The number of likely N-dealkylation sites (N-methyl/N-ethyl adjacent to an activating group) is 1. The van der Waals surface area contributed by atoms with E-state index in [2.05, 4.69) is 0 Å². The van der Waals surface area contributed by atoms with Crippen LogP contribution >= 0.6 is 11.6 Å². The lowest BCUT2D eigenvalue weighted by Gasteiger charge is -2.16. The zero-order chi connectivity index (χ0) is 15.4. The van der Waals surface area contributed by atoms with Crippen LogP contribution < -0.4 is 4.74 Å². The number of carbonyl (C=O) groups excluding carboxylic acids is 1. The van der Waals surface area contributed by atoms with E-state index in [1.165, 1.54) is 0 Å². The fourth-order valence-corrected chi connectivity index (χ4v) is 2.21. The van der Waals surface area contributed by atoms with E-state index in [0.717, 1.165) is 17.1 Å². The number of carbonyl (C=O) groups is 1. The normalized spacial score (nSPS) is 10.5. The second kappa shape index (κ2) is 6.68. The number of methoxy groups -OCH3 is 1. The first-order chi connectivity index (χ1) is 9.99. The molecule has 0 aliphatic heterocycles. The van der Waals surface area contributed by atoms with Gasteiger partial charge in [0.05, 0.1) is 25.1 Å². The van der Waals surface area contributed by atoms with Crippen LogP contribution in [0.2, 0.25) is 5.02 Å². The lowest BCUT2D eigenvalue weighted by atomic mass is 10.1. The molecule has 2 aromatic rings. The molecule has 0 atom stereocenters. The zero-order valence-electron chi connectivity index (χ0n) is 12.4. The molecule has 1 heterocycles. The second-order valence-electron chi connectivity index (χ2n) is 4.91. The average Bonchev–Trinajstić information content (AvgIpc) is 2.86. The lowest BCUT2D eigenvalue weighted by Crippen LogP contribution is -2.27. The smallest absolute Gasteiger partial charge is 0.227 e. The number of ether oxygens (including phenoxy) is 1. The summed E-state index contributed by atoms with van der Waals surface area (Å²) in [6.45, 7) is 2.34. The van der Waals surface area contributed by atoms with Crippen molar-refractivity contribution in [1.29, 1.82) is 0 Å². The van der Waals surface area contributed by atoms with Crippen molar-refractivity contribution in [2.24, 2.45) is 0 Å². The molecule has 4 nitrogen and oxygen atoms in total. The minimum Gasteiger partial charge on any atom is -0.495 e. The maximum absolute atomic E-state index is 12.2. The minimum absolute atomic E-state index is 0.00780. The number of rotatable bonds is 5. The molecule has 0 saturated carbocycles. The van der Waals surface area contributed by atoms with Crippen LogP contribution in [0.15, 0.2) is 34.7 Å². The summed E-state index contributed by atoms with van der Waals surface area (Å²) in [5.41, 5.74) is 0.865. The van der Waals surface area contributed by atoms with Crippen molar-refractivity contribution >= 4 is 17.5 Å². The van der Waals surface area contributed by atoms with Gasteiger partial charge in [0.1, 0.15) is 17.3 Å². The second-order valence-corrected chi connectivity index (χ2v) is 5.32. The Morgan fingerprint density at radius 3 is 2.71 bits per heavy atom. The molecule has 0 spiro atoms. The Morgan fingerprint density at radius 1 is 1.33 bits per heavy atom. The fourth-order valence-electron chi connectivity index (χ4n) is 2.02. The van der Waals surface area contributed by atoms with Gasteiger partial charge in [-0.05, 0) is 36.8 Å². The van der Waals surface area contributed by atoms with Gasteiger partial charge in [-0.25, -0.2) is 0 Å². The summed E-state index contributed by atoms with van der Waals surface area (Å²) in [4.78, 5) is 13.9. The monoisotopic (exact) mass is 307 g/mol.